The lowest BCUT2D eigenvalue weighted by molar-refractivity contribution is -0.387. The Labute approximate surface area is 173 Å². The average Bonchev–Trinajstić information content (AvgIpc) is 3.05. The third-order valence-electron chi connectivity index (χ3n) is 5.80. The third-order valence-corrected chi connectivity index (χ3v) is 7.73. The number of H-pyrrole nitrogens is 1. The Balaban J connectivity index is 1.63. The van der Waals surface area contributed by atoms with Crippen LogP contribution in [0.5, 0.6) is 0 Å². The summed E-state index contributed by atoms with van der Waals surface area (Å²) in [4.78, 5) is 25.8. The van der Waals surface area contributed by atoms with Crippen LogP contribution in [0.25, 0.3) is 11.0 Å². The van der Waals surface area contributed by atoms with Gasteiger partial charge in [0.15, 0.2) is 4.90 Å². The van der Waals surface area contributed by atoms with Crippen LogP contribution in [-0.4, -0.2) is 40.3 Å². The number of aryl methyl sites for hydroxylation is 2. The van der Waals surface area contributed by atoms with Crippen LogP contribution in [0.1, 0.15) is 30.0 Å². The SMILES string of the molecule is Cc1cc([N+](=O)[O-])c(S(=O)(=O)N2CCC(n3c(=O)[nH]c4ccccc43)CC2)cc1C. The largest absolute Gasteiger partial charge is 0.326 e. The van der Waals surface area contributed by atoms with Gasteiger partial charge in [0.25, 0.3) is 5.69 Å². The molecule has 0 bridgehead atoms. The summed E-state index contributed by atoms with van der Waals surface area (Å²) in [6.45, 7) is 3.81. The molecule has 1 N–H and O–H groups in total. The molecule has 30 heavy (non-hydrogen) atoms. The van der Waals surface area contributed by atoms with E-state index >= 15 is 0 Å². The van der Waals surface area contributed by atoms with E-state index in [9.17, 15) is 23.3 Å². The number of fused-ring (bicyclic) bond motifs is 1. The predicted octanol–water partition coefficient (Wildman–Crippen LogP) is 2.88. The Morgan fingerprint density at radius 3 is 2.40 bits per heavy atom. The first-order chi connectivity index (χ1) is 14.2. The van der Waals surface area contributed by atoms with E-state index in [1.165, 1.54) is 16.4 Å². The molecule has 2 heterocycles. The van der Waals surface area contributed by atoms with Crippen LogP contribution in [0.3, 0.4) is 0 Å². The zero-order valence-electron chi connectivity index (χ0n) is 16.7. The number of aromatic nitrogens is 2. The maximum Gasteiger partial charge on any atom is 0.326 e. The molecule has 0 amide bonds. The van der Waals surface area contributed by atoms with E-state index in [1.54, 1.807) is 18.4 Å². The Morgan fingerprint density at radius 2 is 1.73 bits per heavy atom. The second-order valence-corrected chi connectivity index (χ2v) is 9.52. The number of hydrogen-bond donors (Lipinski definition) is 1. The first-order valence-corrected chi connectivity index (χ1v) is 11.1. The zero-order chi connectivity index (χ0) is 21.6. The summed E-state index contributed by atoms with van der Waals surface area (Å²) >= 11 is 0. The fourth-order valence-electron chi connectivity index (χ4n) is 4.04. The summed E-state index contributed by atoms with van der Waals surface area (Å²) in [7, 11) is -4.03. The van der Waals surface area contributed by atoms with Gasteiger partial charge in [-0.25, -0.2) is 13.2 Å². The average molecular weight is 430 g/mol. The molecule has 0 unspecified atom stereocenters. The molecule has 0 atom stereocenters. The predicted molar refractivity (Wildman–Crippen MR) is 112 cm³/mol. The van der Waals surface area contributed by atoms with E-state index < -0.39 is 20.6 Å². The van der Waals surface area contributed by atoms with Crippen molar-refractivity contribution in [3.8, 4) is 0 Å². The zero-order valence-corrected chi connectivity index (χ0v) is 17.5. The van der Waals surface area contributed by atoms with Crippen molar-refractivity contribution in [2.24, 2.45) is 0 Å². The molecule has 1 aliphatic heterocycles. The van der Waals surface area contributed by atoms with Crippen LogP contribution in [0, 0.1) is 24.0 Å². The van der Waals surface area contributed by atoms with Crippen LogP contribution in [0.4, 0.5) is 5.69 Å². The molecular formula is C20H22N4O5S. The molecule has 0 radical (unpaired) electrons. The normalized spacial score (nSPS) is 16.2. The lowest BCUT2D eigenvalue weighted by Crippen LogP contribution is -2.40. The van der Waals surface area contributed by atoms with Crippen LogP contribution >= 0.6 is 0 Å². The number of nitrogens with one attached hydrogen (secondary N) is 1. The van der Waals surface area contributed by atoms with Crippen molar-refractivity contribution in [3.05, 3.63) is 68.1 Å². The lowest BCUT2D eigenvalue weighted by atomic mass is 10.1. The molecule has 1 fully saturated rings. The Kier molecular flexibility index (Phi) is 4.99. The highest BCUT2D eigenvalue weighted by Gasteiger charge is 2.35. The topological polar surface area (TPSA) is 118 Å². The van der Waals surface area contributed by atoms with Crippen LogP contribution in [0.2, 0.25) is 0 Å². The minimum Gasteiger partial charge on any atom is -0.306 e. The smallest absolute Gasteiger partial charge is 0.306 e. The first-order valence-electron chi connectivity index (χ1n) is 9.65. The Hall–Kier alpha value is -2.98. The van der Waals surface area contributed by atoms with Gasteiger partial charge in [-0.1, -0.05) is 12.1 Å². The van der Waals surface area contributed by atoms with Crippen molar-refractivity contribution in [1.29, 1.82) is 0 Å². The molecule has 0 saturated carbocycles. The summed E-state index contributed by atoms with van der Waals surface area (Å²) in [5.74, 6) is 0. The van der Waals surface area contributed by atoms with Crippen molar-refractivity contribution >= 4 is 26.7 Å². The number of para-hydroxylation sites is 2. The molecule has 158 valence electrons. The number of nitrogens with zero attached hydrogens (tertiary/aromatic N) is 3. The molecule has 9 nitrogen and oxygen atoms in total. The molecule has 1 aromatic heterocycles. The van der Waals surface area contributed by atoms with Gasteiger partial charge in [0.2, 0.25) is 10.0 Å². The van der Waals surface area contributed by atoms with E-state index in [1.807, 2.05) is 24.3 Å². The number of hydrogen-bond acceptors (Lipinski definition) is 5. The fourth-order valence-corrected chi connectivity index (χ4v) is 5.73. The first kappa shape index (κ1) is 20.3. The standard InChI is InChI=1S/C20H22N4O5S/c1-13-11-18(24(26)27)19(12-14(13)2)30(28,29)22-9-7-15(8-10-22)23-17-6-4-3-5-16(17)21-20(23)25/h3-6,11-12,15H,7-10H2,1-2H3,(H,21,25). The fraction of sp³-hybridized carbons (Fsp3) is 0.350. The summed E-state index contributed by atoms with van der Waals surface area (Å²) in [6, 6.07) is 9.91. The second kappa shape index (κ2) is 7.37. The minimum absolute atomic E-state index is 0.144. The van der Waals surface area contributed by atoms with Crippen molar-refractivity contribution < 1.29 is 13.3 Å². The highest BCUT2D eigenvalue weighted by atomic mass is 32.2. The highest BCUT2D eigenvalue weighted by Crippen LogP contribution is 2.33. The molecular weight excluding hydrogens is 408 g/mol. The quantitative estimate of drug-likeness (QED) is 0.504. The van der Waals surface area contributed by atoms with Gasteiger partial charge in [0.05, 0.1) is 16.0 Å². The van der Waals surface area contributed by atoms with E-state index in [0.717, 1.165) is 11.0 Å². The van der Waals surface area contributed by atoms with Gasteiger partial charge in [-0.3, -0.25) is 14.7 Å². The Morgan fingerprint density at radius 1 is 1.10 bits per heavy atom. The number of rotatable bonds is 4. The van der Waals surface area contributed by atoms with E-state index in [2.05, 4.69) is 4.98 Å². The summed E-state index contributed by atoms with van der Waals surface area (Å²) in [5, 5.41) is 11.5. The molecule has 1 aliphatic rings. The number of nitro groups is 1. The molecule has 3 aromatic rings. The van der Waals surface area contributed by atoms with Gasteiger partial charge in [-0.2, -0.15) is 4.31 Å². The summed E-state index contributed by atoms with van der Waals surface area (Å²) in [6.07, 6.45) is 0.888. The van der Waals surface area contributed by atoms with Gasteiger partial charge in [-0.05, 0) is 56.0 Å². The van der Waals surface area contributed by atoms with Crippen molar-refractivity contribution in [2.75, 3.05) is 13.1 Å². The Bertz CT molecular complexity index is 1300. The van der Waals surface area contributed by atoms with Crippen molar-refractivity contribution in [1.82, 2.24) is 13.9 Å². The molecule has 2 aromatic carbocycles. The van der Waals surface area contributed by atoms with Crippen LogP contribution in [0.15, 0.2) is 46.1 Å². The van der Waals surface area contributed by atoms with E-state index in [0.29, 0.717) is 24.0 Å². The maximum atomic E-state index is 13.2. The number of piperidine rings is 1. The third kappa shape index (κ3) is 3.31. The molecule has 1 saturated heterocycles. The van der Waals surface area contributed by atoms with Crippen molar-refractivity contribution in [2.45, 2.75) is 37.6 Å². The van der Waals surface area contributed by atoms with Gasteiger partial charge < -0.3 is 4.98 Å². The molecule has 0 aliphatic carbocycles. The van der Waals surface area contributed by atoms with Gasteiger partial charge in [-0.15, -0.1) is 0 Å². The molecule has 4 rings (SSSR count). The van der Waals surface area contributed by atoms with Crippen LogP contribution < -0.4 is 5.69 Å². The lowest BCUT2D eigenvalue weighted by Gasteiger charge is -2.31. The van der Waals surface area contributed by atoms with Gasteiger partial charge >= 0.3 is 5.69 Å². The number of nitro benzene ring substituents is 1. The molecule has 0 spiro atoms. The van der Waals surface area contributed by atoms with Gasteiger partial charge in [0, 0.05) is 25.2 Å². The summed E-state index contributed by atoms with van der Waals surface area (Å²) in [5.41, 5.74) is 2.24. The second-order valence-electron chi connectivity index (χ2n) is 7.61. The highest BCUT2D eigenvalue weighted by molar-refractivity contribution is 7.89. The number of aromatic amines is 1. The number of benzene rings is 2. The monoisotopic (exact) mass is 430 g/mol. The van der Waals surface area contributed by atoms with Gasteiger partial charge in [0.1, 0.15) is 0 Å². The van der Waals surface area contributed by atoms with E-state index in [4.69, 9.17) is 0 Å². The van der Waals surface area contributed by atoms with Crippen molar-refractivity contribution in [3.63, 3.8) is 0 Å². The summed E-state index contributed by atoms with van der Waals surface area (Å²) < 4.78 is 29.3. The van der Waals surface area contributed by atoms with E-state index in [-0.39, 0.29) is 29.7 Å². The number of sulfonamides is 1. The van der Waals surface area contributed by atoms with Crippen LogP contribution in [-0.2, 0) is 10.0 Å². The number of imidazole rings is 1. The maximum absolute atomic E-state index is 13.2. The molecule has 10 heteroatoms. The minimum atomic E-state index is -4.03.